The van der Waals surface area contributed by atoms with E-state index in [0.717, 1.165) is 16.5 Å². The topological polar surface area (TPSA) is 106 Å². The van der Waals surface area contributed by atoms with Crippen molar-refractivity contribution >= 4 is 45.5 Å². The van der Waals surface area contributed by atoms with Gasteiger partial charge in [-0.15, -0.1) is 0 Å². The summed E-state index contributed by atoms with van der Waals surface area (Å²) in [5.41, 5.74) is 1.98. The van der Waals surface area contributed by atoms with Crippen LogP contribution in [0.2, 0.25) is 5.02 Å². The third kappa shape index (κ3) is 3.92. The van der Waals surface area contributed by atoms with Gasteiger partial charge in [-0.3, -0.25) is 15.1 Å². The highest BCUT2D eigenvalue weighted by molar-refractivity contribution is 6.31. The maximum absolute atomic E-state index is 11.8. The Morgan fingerprint density at radius 2 is 1.79 bits per heavy atom. The molecule has 2 heterocycles. The van der Waals surface area contributed by atoms with E-state index < -0.39 is 4.92 Å². The molecule has 0 bridgehead atoms. The predicted molar refractivity (Wildman–Crippen MR) is 112 cm³/mol. The molecule has 4 aromatic rings. The van der Waals surface area contributed by atoms with Gasteiger partial charge in [-0.1, -0.05) is 35.9 Å². The van der Waals surface area contributed by atoms with Crippen LogP contribution in [-0.2, 0) is 6.54 Å². The van der Waals surface area contributed by atoms with Gasteiger partial charge in [0.1, 0.15) is 6.33 Å². The summed E-state index contributed by atoms with van der Waals surface area (Å²) in [5, 5.41) is 19.2. The van der Waals surface area contributed by atoms with E-state index in [-0.39, 0.29) is 23.9 Å². The number of anilines is 3. The second kappa shape index (κ2) is 8.07. The summed E-state index contributed by atoms with van der Waals surface area (Å²) >= 11 is 6.16. The largest absolute Gasteiger partial charge is 0.360 e. The second-order valence-electron chi connectivity index (χ2n) is 6.12. The van der Waals surface area contributed by atoms with Gasteiger partial charge in [0.05, 0.1) is 10.4 Å². The minimum absolute atomic E-state index is 0.0861. The van der Waals surface area contributed by atoms with Crippen molar-refractivity contribution in [2.75, 3.05) is 10.6 Å². The lowest BCUT2D eigenvalue weighted by Crippen LogP contribution is -2.08. The zero-order valence-corrected chi connectivity index (χ0v) is 15.8. The number of hydrogen-bond donors (Lipinski definition) is 2. The van der Waals surface area contributed by atoms with Crippen LogP contribution >= 0.6 is 11.6 Å². The average molecular weight is 407 g/mol. The van der Waals surface area contributed by atoms with Crippen LogP contribution in [0.3, 0.4) is 0 Å². The number of benzene rings is 2. The van der Waals surface area contributed by atoms with Crippen LogP contribution in [0.4, 0.5) is 23.0 Å². The fourth-order valence-corrected chi connectivity index (χ4v) is 3.14. The molecule has 2 aromatic carbocycles. The van der Waals surface area contributed by atoms with Crippen molar-refractivity contribution in [3.05, 3.63) is 87.8 Å². The molecule has 0 atom stereocenters. The molecule has 0 saturated carbocycles. The van der Waals surface area contributed by atoms with Crippen molar-refractivity contribution in [3.63, 3.8) is 0 Å². The number of fused-ring (bicyclic) bond motifs is 1. The zero-order chi connectivity index (χ0) is 20.2. The zero-order valence-electron chi connectivity index (χ0n) is 15.0. The molecule has 0 unspecified atom stereocenters. The van der Waals surface area contributed by atoms with Gasteiger partial charge in [-0.2, -0.15) is 0 Å². The Labute approximate surface area is 170 Å². The van der Waals surface area contributed by atoms with E-state index in [2.05, 4.69) is 25.6 Å². The van der Waals surface area contributed by atoms with Crippen LogP contribution in [0.25, 0.3) is 10.9 Å². The SMILES string of the molecule is O=[N+]([O-])c1c(NCc2ccccc2Cl)ncnc1Nc1cccc2ncccc12. The molecular formula is C20H15ClN6O2. The average Bonchev–Trinajstić information content (AvgIpc) is 2.73. The number of pyridine rings is 1. The summed E-state index contributed by atoms with van der Waals surface area (Å²) in [6.45, 7) is 0.287. The van der Waals surface area contributed by atoms with Crippen molar-refractivity contribution in [2.45, 2.75) is 6.54 Å². The first-order valence-corrected chi connectivity index (χ1v) is 9.08. The van der Waals surface area contributed by atoms with Gasteiger partial charge < -0.3 is 10.6 Å². The summed E-state index contributed by atoms with van der Waals surface area (Å²) in [5.74, 6) is 0.189. The Bertz CT molecular complexity index is 1200. The molecule has 4 rings (SSSR count). The number of halogens is 1. The molecule has 0 spiro atoms. The van der Waals surface area contributed by atoms with E-state index in [1.54, 1.807) is 18.3 Å². The van der Waals surface area contributed by atoms with Crippen molar-refractivity contribution in [3.8, 4) is 0 Å². The quantitative estimate of drug-likeness (QED) is 0.345. The van der Waals surface area contributed by atoms with Gasteiger partial charge in [0.25, 0.3) is 0 Å². The fourth-order valence-electron chi connectivity index (χ4n) is 2.93. The summed E-state index contributed by atoms with van der Waals surface area (Å²) < 4.78 is 0. The van der Waals surface area contributed by atoms with Gasteiger partial charge in [0.15, 0.2) is 0 Å². The lowest BCUT2D eigenvalue weighted by atomic mass is 10.2. The molecule has 0 aliphatic rings. The van der Waals surface area contributed by atoms with Crippen molar-refractivity contribution in [1.29, 1.82) is 0 Å². The van der Waals surface area contributed by atoms with Crippen molar-refractivity contribution < 1.29 is 4.92 Å². The Morgan fingerprint density at radius 3 is 2.62 bits per heavy atom. The van der Waals surface area contributed by atoms with E-state index in [0.29, 0.717) is 10.7 Å². The highest BCUT2D eigenvalue weighted by Gasteiger charge is 2.23. The molecular weight excluding hydrogens is 392 g/mol. The standard InChI is InChI=1S/C20H15ClN6O2/c21-15-7-2-1-5-13(15)11-23-19-18(27(28)29)20(25-12-24-19)26-17-9-3-8-16-14(17)6-4-10-22-16/h1-10,12H,11H2,(H2,23,24,25,26). The summed E-state index contributed by atoms with van der Waals surface area (Å²) in [7, 11) is 0. The van der Waals surface area contributed by atoms with Gasteiger partial charge in [-0.25, -0.2) is 9.97 Å². The van der Waals surface area contributed by atoms with Crippen LogP contribution in [0.15, 0.2) is 67.1 Å². The Balaban J connectivity index is 1.68. The van der Waals surface area contributed by atoms with Crippen LogP contribution in [0, 0.1) is 10.1 Å². The van der Waals surface area contributed by atoms with Gasteiger partial charge in [0, 0.05) is 28.8 Å². The molecule has 8 nitrogen and oxygen atoms in total. The molecule has 0 radical (unpaired) electrons. The second-order valence-corrected chi connectivity index (χ2v) is 6.53. The summed E-state index contributed by atoms with van der Waals surface area (Å²) in [6.07, 6.45) is 2.96. The predicted octanol–water partition coefficient (Wildman–Crippen LogP) is 4.94. The molecule has 0 saturated heterocycles. The van der Waals surface area contributed by atoms with E-state index in [4.69, 9.17) is 11.6 Å². The van der Waals surface area contributed by atoms with Crippen LogP contribution < -0.4 is 10.6 Å². The third-order valence-corrected chi connectivity index (χ3v) is 4.68. The molecule has 2 aromatic heterocycles. The van der Waals surface area contributed by atoms with Crippen LogP contribution in [-0.4, -0.2) is 19.9 Å². The first-order chi connectivity index (χ1) is 14.1. The van der Waals surface area contributed by atoms with Crippen LogP contribution in [0.1, 0.15) is 5.56 Å². The normalized spacial score (nSPS) is 10.7. The van der Waals surface area contributed by atoms with Crippen LogP contribution in [0.5, 0.6) is 0 Å². The number of aromatic nitrogens is 3. The third-order valence-electron chi connectivity index (χ3n) is 4.31. The monoisotopic (exact) mass is 406 g/mol. The van der Waals surface area contributed by atoms with Gasteiger partial charge in [-0.05, 0) is 35.9 Å². The highest BCUT2D eigenvalue weighted by Crippen LogP contribution is 2.33. The van der Waals surface area contributed by atoms with Gasteiger partial charge >= 0.3 is 5.69 Å². The fraction of sp³-hybridized carbons (Fsp3) is 0.0500. The lowest BCUT2D eigenvalue weighted by Gasteiger charge is -2.12. The summed E-state index contributed by atoms with van der Waals surface area (Å²) in [4.78, 5) is 23.7. The number of nitrogens with one attached hydrogen (secondary N) is 2. The number of hydrogen-bond acceptors (Lipinski definition) is 7. The van der Waals surface area contributed by atoms with E-state index in [9.17, 15) is 10.1 Å². The number of nitro groups is 1. The molecule has 2 N–H and O–H groups in total. The lowest BCUT2D eigenvalue weighted by molar-refractivity contribution is -0.383. The van der Waals surface area contributed by atoms with E-state index in [1.807, 2.05) is 42.5 Å². The molecule has 0 fully saturated rings. The summed E-state index contributed by atoms with van der Waals surface area (Å²) in [6, 6.07) is 16.4. The van der Waals surface area contributed by atoms with E-state index in [1.165, 1.54) is 6.33 Å². The molecule has 9 heteroatoms. The molecule has 29 heavy (non-hydrogen) atoms. The number of rotatable bonds is 6. The van der Waals surface area contributed by atoms with Crippen molar-refractivity contribution in [1.82, 2.24) is 15.0 Å². The maximum atomic E-state index is 11.8. The Kier molecular flexibility index (Phi) is 5.17. The smallest absolute Gasteiger partial charge is 0.353 e. The van der Waals surface area contributed by atoms with Crippen molar-refractivity contribution in [2.24, 2.45) is 0 Å². The highest BCUT2D eigenvalue weighted by atomic mass is 35.5. The molecule has 0 aliphatic heterocycles. The van der Waals surface area contributed by atoms with E-state index >= 15 is 0 Å². The first kappa shape index (κ1) is 18.6. The Hall–Kier alpha value is -3.78. The Morgan fingerprint density at radius 1 is 0.966 bits per heavy atom. The molecule has 144 valence electrons. The maximum Gasteiger partial charge on any atom is 0.353 e. The molecule has 0 aliphatic carbocycles. The minimum Gasteiger partial charge on any atom is -0.360 e. The first-order valence-electron chi connectivity index (χ1n) is 8.71. The number of nitrogens with zero attached hydrogens (tertiary/aromatic N) is 4. The molecule has 0 amide bonds. The minimum atomic E-state index is -0.513. The van der Waals surface area contributed by atoms with Gasteiger partial charge in [0.2, 0.25) is 11.6 Å².